The molecule has 2 fully saturated rings. The number of hydrogen-bond donors (Lipinski definition) is 1. The van der Waals surface area contributed by atoms with E-state index in [1.165, 1.54) is 0 Å². The van der Waals surface area contributed by atoms with Crippen LogP contribution in [-0.4, -0.2) is 81.4 Å². The maximum absolute atomic E-state index is 12.1. The van der Waals surface area contributed by atoms with Crippen molar-refractivity contribution in [3.05, 3.63) is 0 Å². The van der Waals surface area contributed by atoms with Crippen LogP contribution in [0.1, 0.15) is 12.8 Å². The minimum absolute atomic E-state index is 0. The van der Waals surface area contributed by atoms with E-state index in [0.717, 1.165) is 58.8 Å². The molecule has 2 heterocycles. The number of ether oxygens (including phenoxy) is 2. The lowest BCUT2D eigenvalue weighted by atomic mass is 9.95. The van der Waals surface area contributed by atoms with Crippen molar-refractivity contribution in [3.8, 4) is 0 Å². The summed E-state index contributed by atoms with van der Waals surface area (Å²) in [4.78, 5) is 16.4. The first-order chi connectivity index (χ1) is 9.70. The second-order valence-corrected chi connectivity index (χ2v) is 5.74. The number of amides is 1. The van der Waals surface area contributed by atoms with E-state index < -0.39 is 6.04 Å². The molecule has 8 heteroatoms. The number of carbonyl (C=O) groups is 1. The topological polar surface area (TPSA) is 68.0 Å². The highest BCUT2D eigenvalue weighted by Crippen LogP contribution is 2.19. The number of piperidine rings is 1. The number of methoxy groups -OCH3 is 1. The molecule has 0 spiro atoms. The van der Waals surface area contributed by atoms with Crippen molar-refractivity contribution in [2.24, 2.45) is 11.7 Å². The Morgan fingerprint density at radius 1 is 1.23 bits per heavy atom. The lowest BCUT2D eigenvalue weighted by Crippen LogP contribution is -2.50. The zero-order chi connectivity index (χ0) is 14.4. The first kappa shape index (κ1) is 21.9. The number of nitrogens with zero attached hydrogens (tertiary/aromatic N) is 2. The van der Waals surface area contributed by atoms with Gasteiger partial charge in [0.15, 0.2) is 0 Å². The third kappa shape index (κ3) is 6.56. The molecule has 1 atom stereocenters. The van der Waals surface area contributed by atoms with Gasteiger partial charge in [0.1, 0.15) is 6.04 Å². The van der Waals surface area contributed by atoms with Crippen LogP contribution in [0.3, 0.4) is 0 Å². The number of carbonyl (C=O) groups excluding carboxylic acids is 1. The highest BCUT2D eigenvalue weighted by molar-refractivity contribution is 5.85. The Balaban J connectivity index is 0.00000220. The van der Waals surface area contributed by atoms with Gasteiger partial charge < -0.3 is 20.1 Å². The maximum Gasteiger partial charge on any atom is 0.241 e. The number of hydrogen-bond acceptors (Lipinski definition) is 5. The van der Waals surface area contributed by atoms with Gasteiger partial charge in [0.25, 0.3) is 0 Å². The van der Waals surface area contributed by atoms with Crippen molar-refractivity contribution in [2.45, 2.75) is 18.9 Å². The van der Waals surface area contributed by atoms with Gasteiger partial charge in [0.2, 0.25) is 5.91 Å². The van der Waals surface area contributed by atoms with Crippen LogP contribution >= 0.6 is 24.8 Å². The van der Waals surface area contributed by atoms with Crippen LogP contribution in [0, 0.1) is 5.92 Å². The predicted molar refractivity (Wildman–Crippen MR) is 90.9 cm³/mol. The fourth-order valence-electron chi connectivity index (χ4n) is 2.97. The summed E-state index contributed by atoms with van der Waals surface area (Å²) in [7, 11) is 1.57. The molecule has 2 rings (SSSR count). The summed E-state index contributed by atoms with van der Waals surface area (Å²) in [6.07, 6.45) is 2.14. The summed E-state index contributed by atoms with van der Waals surface area (Å²) in [5, 5.41) is 0. The number of likely N-dealkylation sites (tertiary alicyclic amines) is 1. The maximum atomic E-state index is 12.1. The van der Waals surface area contributed by atoms with Gasteiger partial charge in [-0.15, -0.1) is 24.8 Å². The van der Waals surface area contributed by atoms with Crippen molar-refractivity contribution >= 4 is 30.7 Å². The highest BCUT2D eigenvalue weighted by atomic mass is 35.5. The SMILES string of the molecule is COCC(N)C(=O)N1CCC(CN2CCOCC2)CC1.Cl.Cl. The van der Waals surface area contributed by atoms with Crippen LogP contribution in [0.15, 0.2) is 0 Å². The molecule has 0 aromatic carbocycles. The third-order valence-corrected chi connectivity index (χ3v) is 4.21. The minimum atomic E-state index is -0.518. The Hall–Kier alpha value is -0.110. The van der Waals surface area contributed by atoms with Gasteiger partial charge in [-0.25, -0.2) is 0 Å². The molecule has 6 nitrogen and oxygen atoms in total. The van der Waals surface area contributed by atoms with E-state index in [4.69, 9.17) is 15.2 Å². The molecular formula is C14H29Cl2N3O3. The summed E-state index contributed by atoms with van der Waals surface area (Å²) in [5.41, 5.74) is 5.80. The molecule has 1 unspecified atom stereocenters. The zero-order valence-corrected chi connectivity index (χ0v) is 14.9. The summed E-state index contributed by atoms with van der Waals surface area (Å²) in [6.45, 7) is 6.86. The molecule has 2 aliphatic heterocycles. The van der Waals surface area contributed by atoms with Gasteiger partial charge >= 0.3 is 0 Å². The molecule has 132 valence electrons. The molecule has 0 saturated carbocycles. The average molecular weight is 358 g/mol. The Bertz CT molecular complexity index is 310. The molecular weight excluding hydrogens is 329 g/mol. The summed E-state index contributed by atoms with van der Waals surface area (Å²) >= 11 is 0. The van der Waals surface area contributed by atoms with Crippen molar-refractivity contribution in [2.75, 3.05) is 59.7 Å². The normalized spacial score (nSPS) is 21.6. The molecule has 0 aliphatic carbocycles. The van der Waals surface area contributed by atoms with E-state index in [0.29, 0.717) is 12.5 Å². The van der Waals surface area contributed by atoms with Gasteiger partial charge in [-0.2, -0.15) is 0 Å². The first-order valence-electron chi connectivity index (χ1n) is 7.54. The summed E-state index contributed by atoms with van der Waals surface area (Å²) in [6, 6.07) is -0.518. The monoisotopic (exact) mass is 357 g/mol. The van der Waals surface area contributed by atoms with Crippen LogP contribution in [0.2, 0.25) is 0 Å². The van der Waals surface area contributed by atoms with Crippen LogP contribution in [0.4, 0.5) is 0 Å². The summed E-state index contributed by atoms with van der Waals surface area (Å²) in [5.74, 6) is 0.715. The van der Waals surface area contributed by atoms with Gasteiger partial charge in [-0.3, -0.25) is 9.69 Å². The second kappa shape index (κ2) is 11.4. The Morgan fingerprint density at radius 2 is 1.82 bits per heavy atom. The molecule has 0 radical (unpaired) electrons. The number of halogens is 2. The van der Waals surface area contributed by atoms with Gasteiger partial charge in [0.05, 0.1) is 19.8 Å². The number of rotatable bonds is 5. The lowest BCUT2D eigenvalue weighted by Gasteiger charge is -2.36. The van der Waals surface area contributed by atoms with Crippen molar-refractivity contribution in [1.29, 1.82) is 0 Å². The van der Waals surface area contributed by atoms with E-state index in [1.807, 2.05) is 4.90 Å². The standard InChI is InChI=1S/C14H27N3O3.2ClH/c1-19-11-13(15)14(18)17-4-2-12(3-5-17)10-16-6-8-20-9-7-16;;/h12-13H,2-11,15H2,1H3;2*1H. The number of nitrogens with two attached hydrogens (primary N) is 1. The van der Waals surface area contributed by atoms with Crippen LogP contribution in [-0.2, 0) is 14.3 Å². The van der Waals surface area contributed by atoms with Gasteiger partial charge in [-0.05, 0) is 18.8 Å². The minimum Gasteiger partial charge on any atom is -0.383 e. The zero-order valence-electron chi connectivity index (χ0n) is 13.2. The Kier molecular flexibility index (Phi) is 11.4. The van der Waals surface area contributed by atoms with E-state index in [-0.39, 0.29) is 30.7 Å². The molecule has 2 saturated heterocycles. The molecule has 1 amide bonds. The van der Waals surface area contributed by atoms with Crippen molar-refractivity contribution in [1.82, 2.24) is 9.80 Å². The van der Waals surface area contributed by atoms with E-state index in [2.05, 4.69) is 4.90 Å². The van der Waals surface area contributed by atoms with Crippen LogP contribution < -0.4 is 5.73 Å². The molecule has 22 heavy (non-hydrogen) atoms. The molecule has 2 N–H and O–H groups in total. The van der Waals surface area contributed by atoms with Crippen molar-refractivity contribution < 1.29 is 14.3 Å². The third-order valence-electron chi connectivity index (χ3n) is 4.21. The van der Waals surface area contributed by atoms with Gasteiger partial charge in [-0.1, -0.05) is 0 Å². The lowest BCUT2D eigenvalue weighted by molar-refractivity contribution is -0.135. The molecule has 2 aliphatic rings. The fourth-order valence-corrected chi connectivity index (χ4v) is 2.97. The largest absolute Gasteiger partial charge is 0.383 e. The van der Waals surface area contributed by atoms with E-state index >= 15 is 0 Å². The fraction of sp³-hybridized carbons (Fsp3) is 0.929. The molecule has 0 aromatic rings. The second-order valence-electron chi connectivity index (χ2n) is 5.74. The van der Waals surface area contributed by atoms with Crippen LogP contribution in [0.5, 0.6) is 0 Å². The Morgan fingerprint density at radius 3 is 2.36 bits per heavy atom. The predicted octanol–water partition coefficient (Wildman–Crippen LogP) is 0.375. The van der Waals surface area contributed by atoms with Crippen LogP contribution in [0.25, 0.3) is 0 Å². The average Bonchev–Trinajstić information content (AvgIpc) is 2.48. The van der Waals surface area contributed by atoms with Crippen molar-refractivity contribution in [3.63, 3.8) is 0 Å². The summed E-state index contributed by atoms with van der Waals surface area (Å²) < 4.78 is 10.3. The molecule has 0 aromatic heterocycles. The highest BCUT2D eigenvalue weighted by Gasteiger charge is 2.27. The van der Waals surface area contributed by atoms with E-state index in [9.17, 15) is 4.79 Å². The smallest absolute Gasteiger partial charge is 0.241 e. The first-order valence-corrected chi connectivity index (χ1v) is 7.54. The quantitative estimate of drug-likeness (QED) is 0.769. The van der Waals surface area contributed by atoms with Gasteiger partial charge in [0, 0.05) is 39.8 Å². The Labute approximate surface area is 145 Å². The van der Waals surface area contributed by atoms with E-state index in [1.54, 1.807) is 7.11 Å². The molecule has 0 bridgehead atoms. The number of morpholine rings is 1.